The highest BCUT2D eigenvalue weighted by Crippen LogP contribution is 2.62. The summed E-state index contributed by atoms with van der Waals surface area (Å²) in [6.07, 6.45) is 5.71. The molecule has 0 radical (unpaired) electrons. The molecule has 4 bridgehead atoms. The van der Waals surface area contributed by atoms with Gasteiger partial charge in [0.05, 0.1) is 12.0 Å². The van der Waals surface area contributed by atoms with Crippen LogP contribution in [0.3, 0.4) is 0 Å². The van der Waals surface area contributed by atoms with E-state index in [1.165, 1.54) is 0 Å². The summed E-state index contributed by atoms with van der Waals surface area (Å²) in [7, 11) is 0. The number of nitrogens with one attached hydrogen (secondary N) is 2. The number of amides is 3. The van der Waals surface area contributed by atoms with Crippen molar-refractivity contribution in [1.29, 1.82) is 0 Å². The number of hydrogen-bond acceptors (Lipinski definition) is 5. The predicted molar refractivity (Wildman–Crippen MR) is 84.9 cm³/mol. The zero-order valence-corrected chi connectivity index (χ0v) is 14.1. The number of imide groups is 1. The number of esters is 1. The molecule has 3 amide bonds. The molecule has 4 aliphatic carbocycles. The predicted octanol–water partition coefficient (Wildman–Crippen LogP) is 1.10. The zero-order chi connectivity index (χ0) is 17.4. The van der Waals surface area contributed by atoms with E-state index in [0.717, 1.165) is 32.1 Å². The van der Waals surface area contributed by atoms with Crippen molar-refractivity contribution in [2.75, 3.05) is 13.2 Å². The van der Waals surface area contributed by atoms with Crippen LogP contribution >= 0.6 is 0 Å². The van der Waals surface area contributed by atoms with Crippen molar-refractivity contribution < 1.29 is 24.2 Å². The Labute approximate surface area is 141 Å². The van der Waals surface area contributed by atoms with Crippen molar-refractivity contribution in [3.05, 3.63) is 0 Å². The highest BCUT2D eigenvalue weighted by Gasteiger charge is 2.57. The van der Waals surface area contributed by atoms with Gasteiger partial charge in [0.2, 0.25) is 0 Å². The Morgan fingerprint density at radius 1 is 1.17 bits per heavy atom. The average Bonchev–Trinajstić information content (AvgIpc) is 2.42. The molecule has 2 unspecified atom stereocenters. The average molecular weight is 338 g/mol. The molecule has 0 aromatic rings. The van der Waals surface area contributed by atoms with E-state index < -0.39 is 30.1 Å². The van der Waals surface area contributed by atoms with Gasteiger partial charge in [-0.05, 0) is 62.7 Å². The van der Waals surface area contributed by atoms with Gasteiger partial charge >= 0.3 is 12.0 Å². The first-order valence-electron chi connectivity index (χ1n) is 8.77. The molecule has 4 fully saturated rings. The summed E-state index contributed by atoms with van der Waals surface area (Å²) < 4.78 is 5.04. The van der Waals surface area contributed by atoms with Gasteiger partial charge in [-0.1, -0.05) is 0 Å². The van der Waals surface area contributed by atoms with Gasteiger partial charge in [-0.3, -0.25) is 14.9 Å². The van der Waals surface area contributed by atoms with Crippen LogP contribution in [0.1, 0.15) is 51.9 Å². The van der Waals surface area contributed by atoms with Gasteiger partial charge in [-0.25, -0.2) is 4.79 Å². The summed E-state index contributed by atoms with van der Waals surface area (Å²) in [4.78, 5) is 34.9. The molecule has 2 atom stereocenters. The lowest BCUT2D eigenvalue weighted by Gasteiger charge is -2.60. The SMILES string of the molecule is CCNC(=O)NC(=O)COC(=O)CC12CC3CC(CC(O)(C3)C1)C2. The Bertz CT molecular complexity index is 533. The largest absolute Gasteiger partial charge is 0.456 e. The summed E-state index contributed by atoms with van der Waals surface area (Å²) in [5.41, 5.74) is -0.786. The van der Waals surface area contributed by atoms with Crippen molar-refractivity contribution in [3.63, 3.8) is 0 Å². The first kappa shape index (κ1) is 17.2. The summed E-state index contributed by atoms with van der Waals surface area (Å²) in [6.45, 7) is 1.69. The number of carbonyl (C=O) groups is 3. The number of ether oxygens (including phenoxy) is 1. The van der Waals surface area contributed by atoms with Crippen LogP contribution in [0.4, 0.5) is 4.79 Å². The molecule has 3 N–H and O–H groups in total. The lowest BCUT2D eigenvalue weighted by Crippen LogP contribution is -2.56. The molecule has 7 nitrogen and oxygen atoms in total. The van der Waals surface area contributed by atoms with E-state index in [1.54, 1.807) is 6.92 Å². The van der Waals surface area contributed by atoms with Crippen molar-refractivity contribution in [1.82, 2.24) is 10.6 Å². The Morgan fingerprint density at radius 3 is 2.42 bits per heavy atom. The minimum Gasteiger partial charge on any atom is -0.456 e. The molecule has 4 rings (SSSR count). The van der Waals surface area contributed by atoms with Crippen LogP contribution in [0.5, 0.6) is 0 Å². The molecule has 4 saturated carbocycles. The third-order valence-corrected chi connectivity index (χ3v) is 5.63. The molecule has 4 aliphatic rings. The summed E-state index contributed by atoms with van der Waals surface area (Å²) in [5, 5.41) is 15.2. The van der Waals surface area contributed by atoms with E-state index >= 15 is 0 Å². The van der Waals surface area contributed by atoms with E-state index in [2.05, 4.69) is 10.6 Å². The second kappa shape index (κ2) is 6.35. The maximum Gasteiger partial charge on any atom is 0.321 e. The maximum absolute atomic E-state index is 12.2. The molecule has 134 valence electrons. The van der Waals surface area contributed by atoms with Crippen LogP contribution in [0.25, 0.3) is 0 Å². The topological polar surface area (TPSA) is 105 Å². The Kier molecular flexibility index (Phi) is 4.55. The molecular formula is C17H26N2O5. The molecule has 0 saturated heterocycles. The van der Waals surface area contributed by atoms with Crippen LogP contribution in [-0.4, -0.2) is 41.8 Å². The lowest BCUT2D eigenvalue weighted by molar-refractivity contribution is -0.177. The summed E-state index contributed by atoms with van der Waals surface area (Å²) in [5.74, 6) is -0.0554. The molecule has 0 aliphatic heterocycles. The number of carbonyl (C=O) groups excluding carboxylic acids is 3. The van der Waals surface area contributed by atoms with Crippen LogP contribution in [0, 0.1) is 17.3 Å². The van der Waals surface area contributed by atoms with E-state index in [1.807, 2.05) is 0 Å². The van der Waals surface area contributed by atoms with E-state index in [4.69, 9.17) is 4.74 Å². The maximum atomic E-state index is 12.2. The van der Waals surface area contributed by atoms with Crippen LogP contribution < -0.4 is 10.6 Å². The van der Waals surface area contributed by atoms with Gasteiger partial charge in [0.1, 0.15) is 0 Å². The highest BCUT2D eigenvalue weighted by atomic mass is 16.5. The fraction of sp³-hybridized carbons (Fsp3) is 0.824. The van der Waals surface area contributed by atoms with Gasteiger partial charge in [0.15, 0.2) is 6.61 Å². The first-order valence-corrected chi connectivity index (χ1v) is 8.77. The van der Waals surface area contributed by atoms with E-state index in [9.17, 15) is 19.5 Å². The Morgan fingerprint density at radius 2 is 1.83 bits per heavy atom. The second-order valence-corrected chi connectivity index (χ2v) is 7.93. The number of hydrogen-bond donors (Lipinski definition) is 3. The zero-order valence-electron chi connectivity index (χ0n) is 14.1. The van der Waals surface area contributed by atoms with Crippen LogP contribution in [0.2, 0.25) is 0 Å². The number of urea groups is 1. The van der Waals surface area contributed by atoms with Gasteiger partial charge in [-0.2, -0.15) is 0 Å². The van der Waals surface area contributed by atoms with E-state index in [-0.39, 0.29) is 11.8 Å². The second-order valence-electron chi connectivity index (χ2n) is 7.93. The molecule has 7 heteroatoms. The fourth-order valence-corrected chi connectivity index (χ4v) is 5.48. The molecule has 24 heavy (non-hydrogen) atoms. The van der Waals surface area contributed by atoms with Crippen molar-refractivity contribution >= 4 is 17.9 Å². The van der Waals surface area contributed by atoms with Crippen LogP contribution in [0.15, 0.2) is 0 Å². The Hall–Kier alpha value is -1.63. The van der Waals surface area contributed by atoms with E-state index in [0.29, 0.717) is 24.8 Å². The van der Waals surface area contributed by atoms with Crippen molar-refractivity contribution in [2.45, 2.75) is 57.5 Å². The van der Waals surface area contributed by atoms with Gasteiger partial charge in [-0.15, -0.1) is 0 Å². The normalized spacial score (nSPS) is 36.2. The molecule has 0 heterocycles. The minimum atomic E-state index is -0.640. The third-order valence-electron chi connectivity index (χ3n) is 5.63. The molecular weight excluding hydrogens is 312 g/mol. The quantitative estimate of drug-likeness (QED) is 0.651. The monoisotopic (exact) mass is 338 g/mol. The van der Waals surface area contributed by atoms with Crippen molar-refractivity contribution in [2.24, 2.45) is 17.3 Å². The third kappa shape index (κ3) is 3.71. The summed E-state index contributed by atoms with van der Waals surface area (Å²) >= 11 is 0. The highest BCUT2D eigenvalue weighted by molar-refractivity contribution is 5.95. The lowest BCUT2D eigenvalue weighted by atomic mass is 9.47. The van der Waals surface area contributed by atoms with Crippen LogP contribution in [-0.2, 0) is 14.3 Å². The Balaban J connectivity index is 1.49. The number of aliphatic hydroxyl groups is 1. The van der Waals surface area contributed by atoms with Gasteiger partial charge in [0, 0.05) is 6.54 Å². The molecule has 0 aromatic carbocycles. The van der Waals surface area contributed by atoms with Gasteiger partial charge < -0.3 is 15.2 Å². The standard InChI is InChI=1S/C17H26N2O5/c1-2-18-15(22)19-13(20)9-24-14(21)8-16-4-11-3-12(5-16)7-17(23,6-11)10-16/h11-12,23H,2-10H2,1H3,(H2,18,19,20,22). The fourth-order valence-electron chi connectivity index (χ4n) is 5.48. The van der Waals surface area contributed by atoms with Crippen molar-refractivity contribution in [3.8, 4) is 0 Å². The minimum absolute atomic E-state index is 0.175. The molecule has 0 aromatic heterocycles. The number of rotatable bonds is 5. The smallest absolute Gasteiger partial charge is 0.321 e. The summed E-state index contributed by atoms with van der Waals surface area (Å²) in [6, 6.07) is -0.596. The first-order chi connectivity index (χ1) is 11.3. The van der Waals surface area contributed by atoms with Gasteiger partial charge in [0.25, 0.3) is 5.91 Å². The molecule has 0 spiro atoms.